The van der Waals surface area contributed by atoms with Crippen LogP contribution in [0.5, 0.6) is 0 Å². The van der Waals surface area contributed by atoms with Gasteiger partial charge in [0, 0.05) is 5.56 Å². The molecule has 0 radical (unpaired) electrons. The second-order valence-electron chi connectivity index (χ2n) is 3.97. The Morgan fingerprint density at radius 1 is 1.50 bits per heavy atom. The maximum absolute atomic E-state index is 13.0. The number of hydrogen-bond acceptors (Lipinski definition) is 3. The first-order chi connectivity index (χ1) is 8.61. The molecule has 0 saturated carbocycles. The summed E-state index contributed by atoms with van der Waals surface area (Å²) in [4.78, 5) is 4.19. The third-order valence-electron chi connectivity index (χ3n) is 2.60. The van der Waals surface area contributed by atoms with Crippen molar-refractivity contribution in [2.75, 3.05) is 6.54 Å². The molecular formula is C13H14ClFN2O. The zero-order valence-electron chi connectivity index (χ0n) is 10.2. The Kier molecular flexibility index (Phi) is 3.99. The van der Waals surface area contributed by atoms with Crippen molar-refractivity contribution in [2.24, 2.45) is 0 Å². The van der Waals surface area contributed by atoms with E-state index in [2.05, 4.69) is 10.3 Å². The second-order valence-corrected chi connectivity index (χ2v) is 4.37. The Bertz CT molecular complexity index is 542. The Labute approximate surface area is 110 Å². The molecule has 18 heavy (non-hydrogen) atoms. The van der Waals surface area contributed by atoms with E-state index in [-0.39, 0.29) is 11.9 Å². The van der Waals surface area contributed by atoms with E-state index >= 15 is 0 Å². The van der Waals surface area contributed by atoms with Gasteiger partial charge in [-0.05, 0) is 31.7 Å². The number of benzene rings is 1. The van der Waals surface area contributed by atoms with Crippen molar-refractivity contribution in [3.05, 3.63) is 41.1 Å². The lowest BCUT2D eigenvalue weighted by molar-refractivity contribution is 0.429. The summed E-state index contributed by atoms with van der Waals surface area (Å²) in [5, 5.41) is 3.51. The molecule has 3 nitrogen and oxygen atoms in total. The lowest BCUT2D eigenvalue weighted by Crippen LogP contribution is -2.17. The van der Waals surface area contributed by atoms with E-state index < -0.39 is 0 Å². The number of aromatic nitrogens is 1. The van der Waals surface area contributed by atoms with Gasteiger partial charge in [0.05, 0.1) is 17.3 Å². The highest BCUT2D eigenvalue weighted by atomic mass is 35.5. The number of hydrogen-bond donors (Lipinski definition) is 1. The van der Waals surface area contributed by atoms with Gasteiger partial charge in [-0.1, -0.05) is 18.5 Å². The van der Waals surface area contributed by atoms with E-state index in [1.165, 1.54) is 12.1 Å². The summed E-state index contributed by atoms with van der Waals surface area (Å²) in [6.07, 6.45) is 1.60. The summed E-state index contributed by atoms with van der Waals surface area (Å²) in [6, 6.07) is 4.21. The van der Waals surface area contributed by atoms with Crippen molar-refractivity contribution < 1.29 is 8.81 Å². The SMILES string of the molecule is CCNC(C)c1ncc(-c2ccc(F)cc2Cl)o1. The Hall–Kier alpha value is -1.39. The molecule has 1 heterocycles. The van der Waals surface area contributed by atoms with Crippen LogP contribution >= 0.6 is 11.6 Å². The summed E-state index contributed by atoms with van der Waals surface area (Å²) >= 11 is 5.97. The van der Waals surface area contributed by atoms with Gasteiger partial charge in [0.1, 0.15) is 5.82 Å². The topological polar surface area (TPSA) is 38.1 Å². The highest BCUT2D eigenvalue weighted by molar-refractivity contribution is 6.33. The van der Waals surface area contributed by atoms with Crippen LogP contribution in [-0.4, -0.2) is 11.5 Å². The monoisotopic (exact) mass is 268 g/mol. The molecule has 0 bridgehead atoms. The molecular weight excluding hydrogens is 255 g/mol. The van der Waals surface area contributed by atoms with Crippen LogP contribution in [0.15, 0.2) is 28.8 Å². The molecule has 0 amide bonds. The number of nitrogens with zero attached hydrogens (tertiary/aromatic N) is 1. The quantitative estimate of drug-likeness (QED) is 0.916. The van der Waals surface area contributed by atoms with Crippen LogP contribution in [0.1, 0.15) is 25.8 Å². The van der Waals surface area contributed by atoms with Gasteiger partial charge < -0.3 is 9.73 Å². The van der Waals surface area contributed by atoms with E-state index in [0.29, 0.717) is 22.2 Å². The van der Waals surface area contributed by atoms with Gasteiger partial charge in [0.2, 0.25) is 5.89 Å². The van der Waals surface area contributed by atoms with Gasteiger partial charge in [-0.15, -0.1) is 0 Å². The fourth-order valence-corrected chi connectivity index (χ4v) is 1.96. The highest BCUT2D eigenvalue weighted by Crippen LogP contribution is 2.30. The maximum atomic E-state index is 13.0. The molecule has 96 valence electrons. The molecule has 1 unspecified atom stereocenters. The normalized spacial score (nSPS) is 12.7. The van der Waals surface area contributed by atoms with E-state index in [9.17, 15) is 4.39 Å². The molecule has 0 aliphatic rings. The van der Waals surface area contributed by atoms with Crippen LogP contribution < -0.4 is 5.32 Å². The highest BCUT2D eigenvalue weighted by Gasteiger charge is 2.14. The maximum Gasteiger partial charge on any atom is 0.211 e. The van der Waals surface area contributed by atoms with Crippen molar-refractivity contribution in [1.29, 1.82) is 0 Å². The zero-order valence-corrected chi connectivity index (χ0v) is 11.0. The third-order valence-corrected chi connectivity index (χ3v) is 2.91. The predicted molar refractivity (Wildman–Crippen MR) is 69.0 cm³/mol. The number of halogens is 2. The zero-order chi connectivity index (χ0) is 13.1. The van der Waals surface area contributed by atoms with Crippen LogP contribution in [0.25, 0.3) is 11.3 Å². The third kappa shape index (κ3) is 2.71. The molecule has 0 spiro atoms. The first kappa shape index (κ1) is 13.1. The lowest BCUT2D eigenvalue weighted by Gasteiger charge is -2.07. The van der Waals surface area contributed by atoms with Gasteiger partial charge in [-0.2, -0.15) is 0 Å². The lowest BCUT2D eigenvalue weighted by atomic mass is 10.2. The minimum atomic E-state index is -0.371. The molecule has 1 atom stereocenters. The van der Waals surface area contributed by atoms with Gasteiger partial charge >= 0.3 is 0 Å². The van der Waals surface area contributed by atoms with Crippen LogP contribution in [0.4, 0.5) is 4.39 Å². The fraction of sp³-hybridized carbons (Fsp3) is 0.308. The fourth-order valence-electron chi connectivity index (χ4n) is 1.70. The number of rotatable bonds is 4. The van der Waals surface area contributed by atoms with Gasteiger partial charge in [0.25, 0.3) is 0 Å². The molecule has 1 aromatic carbocycles. The van der Waals surface area contributed by atoms with Gasteiger partial charge in [0.15, 0.2) is 5.76 Å². The molecule has 1 aromatic heterocycles. The Balaban J connectivity index is 2.29. The number of oxazole rings is 1. The van der Waals surface area contributed by atoms with E-state index in [1.807, 2.05) is 13.8 Å². The number of nitrogens with one attached hydrogen (secondary N) is 1. The molecule has 0 saturated heterocycles. The minimum absolute atomic E-state index is 0.0305. The van der Waals surface area contributed by atoms with Gasteiger partial charge in [-0.25, -0.2) is 9.37 Å². The van der Waals surface area contributed by atoms with Crippen molar-refractivity contribution >= 4 is 11.6 Å². The average Bonchev–Trinajstić information content (AvgIpc) is 2.78. The minimum Gasteiger partial charge on any atom is -0.439 e. The standard InChI is InChI=1S/C13H14ClFN2O/c1-3-16-8(2)13-17-7-12(18-13)10-5-4-9(15)6-11(10)14/h4-8,16H,3H2,1-2H3. The summed E-state index contributed by atoms with van der Waals surface area (Å²) in [5.74, 6) is 0.761. The second kappa shape index (κ2) is 5.50. The van der Waals surface area contributed by atoms with Crippen LogP contribution in [0.3, 0.4) is 0 Å². The molecule has 0 fully saturated rings. The molecule has 1 N–H and O–H groups in total. The largest absolute Gasteiger partial charge is 0.439 e. The average molecular weight is 269 g/mol. The summed E-state index contributed by atoms with van der Waals surface area (Å²) in [6.45, 7) is 4.80. The summed E-state index contributed by atoms with van der Waals surface area (Å²) < 4.78 is 18.6. The van der Waals surface area contributed by atoms with Crippen molar-refractivity contribution in [1.82, 2.24) is 10.3 Å². The predicted octanol–water partition coefficient (Wildman–Crippen LogP) is 3.80. The van der Waals surface area contributed by atoms with Crippen LogP contribution in [-0.2, 0) is 0 Å². The van der Waals surface area contributed by atoms with Crippen LogP contribution in [0, 0.1) is 5.82 Å². The van der Waals surface area contributed by atoms with Gasteiger partial charge in [-0.3, -0.25) is 0 Å². The Morgan fingerprint density at radius 2 is 2.28 bits per heavy atom. The van der Waals surface area contributed by atoms with Crippen molar-refractivity contribution in [3.8, 4) is 11.3 Å². The molecule has 0 aliphatic heterocycles. The van der Waals surface area contributed by atoms with Crippen LogP contribution in [0.2, 0.25) is 5.02 Å². The molecule has 2 rings (SSSR count). The van der Waals surface area contributed by atoms with E-state index in [0.717, 1.165) is 6.54 Å². The first-order valence-corrected chi connectivity index (χ1v) is 6.14. The summed E-state index contributed by atoms with van der Waals surface area (Å²) in [5.41, 5.74) is 0.639. The smallest absolute Gasteiger partial charge is 0.211 e. The van der Waals surface area contributed by atoms with Crippen molar-refractivity contribution in [3.63, 3.8) is 0 Å². The molecule has 2 aromatic rings. The summed E-state index contributed by atoms with van der Waals surface area (Å²) in [7, 11) is 0. The van der Waals surface area contributed by atoms with E-state index in [1.54, 1.807) is 12.3 Å². The Morgan fingerprint density at radius 3 is 2.94 bits per heavy atom. The molecule has 0 aliphatic carbocycles. The van der Waals surface area contributed by atoms with E-state index in [4.69, 9.17) is 16.0 Å². The first-order valence-electron chi connectivity index (χ1n) is 5.76. The molecule has 5 heteroatoms. The van der Waals surface area contributed by atoms with Crippen molar-refractivity contribution in [2.45, 2.75) is 19.9 Å².